The van der Waals surface area contributed by atoms with Gasteiger partial charge in [0.1, 0.15) is 0 Å². The molecule has 1 aromatic carbocycles. The normalized spacial score (nSPS) is 15.6. The Morgan fingerprint density at radius 3 is 2.65 bits per heavy atom. The Balaban J connectivity index is 1.84. The molecule has 0 aliphatic carbocycles. The Morgan fingerprint density at radius 1 is 1.26 bits per heavy atom. The lowest BCUT2D eigenvalue weighted by atomic mass is 10.0. The molecule has 1 saturated heterocycles. The van der Waals surface area contributed by atoms with Crippen molar-refractivity contribution in [1.29, 1.82) is 0 Å². The molecule has 0 bridgehead atoms. The Morgan fingerprint density at radius 2 is 2.00 bits per heavy atom. The molecule has 0 spiro atoms. The smallest absolute Gasteiger partial charge is 0.222 e. The number of nitrogens with zero attached hydrogens (tertiary/aromatic N) is 1. The molecule has 1 amide bonds. The van der Waals surface area contributed by atoms with Crippen LogP contribution in [-0.2, 0) is 11.2 Å². The minimum Gasteiger partial charge on any atom is -0.340 e. The van der Waals surface area contributed by atoms with Crippen LogP contribution in [0.15, 0.2) is 18.2 Å². The summed E-state index contributed by atoms with van der Waals surface area (Å²) >= 11 is 0. The molecule has 0 saturated carbocycles. The molecule has 1 aromatic rings. The second-order valence-corrected chi connectivity index (χ2v) is 6.17. The van der Waals surface area contributed by atoms with Crippen LogP contribution in [0.4, 0.5) is 8.78 Å². The molecule has 23 heavy (non-hydrogen) atoms. The van der Waals surface area contributed by atoms with Crippen LogP contribution in [0.2, 0.25) is 0 Å². The molecule has 128 valence electrons. The third kappa shape index (κ3) is 5.27. The van der Waals surface area contributed by atoms with E-state index >= 15 is 0 Å². The summed E-state index contributed by atoms with van der Waals surface area (Å²) in [6.07, 6.45) is 4.69. The zero-order valence-corrected chi connectivity index (χ0v) is 13.8. The van der Waals surface area contributed by atoms with Crippen LogP contribution in [0.1, 0.15) is 44.6 Å². The van der Waals surface area contributed by atoms with E-state index in [1.807, 2.05) is 4.90 Å². The molecule has 0 atom stereocenters. The molecule has 1 aliphatic rings. The van der Waals surface area contributed by atoms with Gasteiger partial charge in [-0.15, -0.1) is 0 Å². The Labute approximate surface area is 137 Å². The number of hydrogen-bond acceptors (Lipinski definition) is 2. The van der Waals surface area contributed by atoms with E-state index in [1.165, 1.54) is 6.07 Å². The number of rotatable bonds is 7. The van der Waals surface area contributed by atoms with Crippen molar-refractivity contribution in [3.05, 3.63) is 35.4 Å². The summed E-state index contributed by atoms with van der Waals surface area (Å²) in [7, 11) is 0. The molecule has 2 rings (SSSR count). The first-order valence-electron chi connectivity index (χ1n) is 8.56. The van der Waals surface area contributed by atoms with Crippen molar-refractivity contribution in [1.82, 2.24) is 10.2 Å². The topological polar surface area (TPSA) is 32.3 Å². The molecular weight excluding hydrogens is 298 g/mol. The van der Waals surface area contributed by atoms with Gasteiger partial charge in [-0.3, -0.25) is 4.79 Å². The summed E-state index contributed by atoms with van der Waals surface area (Å²) in [5.74, 6) is -1.47. The van der Waals surface area contributed by atoms with E-state index in [9.17, 15) is 13.6 Å². The Bertz CT molecular complexity index is 516. The SMILES string of the molecule is CCCN(C(=O)CCCc1ccc(F)c(F)c1)C1CCNCC1. The third-order valence-electron chi connectivity index (χ3n) is 4.37. The first-order valence-corrected chi connectivity index (χ1v) is 8.56. The van der Waals surface area contributed by atoms with Crippen LogP contribution >= 0.6 is 0 Å². The largest absolute Gasteiger partial charge is 0.340 e. The molecule has 3 nitrogen and oxygen atoms in total. The predicted molar refractivity (Wildman–Crippen MR) is 87.2 cm³/mol. The predicted octanol–water partition coefficient (Wildman–Crippen LogP) is 3.28. The number of carbonyl (C=O) groups excluding carboxylic acids is 1. The summed E-state index contributed by atoms with van der Waals surface area (Å²) in [5.41, 5.74) is 0.737. The van der Waals surface area contributed by atoms with Crippen molar-refractivity contribution in [3.8, 4) is 0 Å². The van der Waals surface area contributed by atoms with Gasteiger partial charge in [0.05, 0.1) is 0 Å². The molecule has 1 aliphatic heterocycles. The summed E-state index contributed by atoms with van der Waals surface area (Å²) < 4.78 is 26.1. The molecule has 0 unspecified atom stereocenters. The molecule has 1 N–H and O–H groups in total. The highest BCUT2D eigenvalue weighted by Gasteiger charge is 2.24. The molecular formula is C18H26F2N2O. The second-order valence-electron chi connectivity index (χ2n) is 6.17. The molecule has 0 radical (unpaired) electrons. The van der Waals surface area contributed by atoms with Crippen LogP contribution in [-0.4, -0.2) is 36.5 Å². The fourth-order valence-corrected chi connectivity index (χ4v) is 3.15. The van der Waals surface area contributed by atoms with Crippen LogP contribution in [0.5, 0.6) is 0 Å². The van der Waals surface area contributed by atoms with Crippen LogP contribution in [0.3, 0.4) is 0 Å². The number of aryl methyl sites for hydroxylation is 1. The molecule has 0 aromatic heterocycles. The summed E-state index contributed by atoms with van der Waals surface area (Å²) in [6.45, 7) is 4.82. The lowest BCUT2D eigenvalue weighted by Crippen LogP contribution is -2.46. The Kier molecular flexibility index (Phi) is 6.96. The summed E-state index contributed by atoms with van der Waals surface area (Å²) in [5, 5.41) is 3.32. The lowest BCUT2D eigenvalue weighted by Gasteiger charge is -2.34. The number of nitrogens with one attached hydrogen (secondary N) is 1. The van der Waals surface area contributed by atoms with E-state index in [-0.39, 0.29) is 5.91 Å². The van der Waals surface area contributed by atoms with E-state index in [4.69, 9.17) is 0 Å². The van der Waals surface area contributed by atoms with Crippen molar-refractivity contribution in [3.63, 3.8) is 0 Å². The quantitative estimate of drug-likeness (QED) is 0.835. The fraction of sp³-hybridized carbons (Fsp3) is 0.611. The van der Waals surface area contributed by atoms with Crippen molar-refractivity contribution in [2.45, 2.75) is 51.5 Å². The second kappa shape index (κ2) is 8.96. The van der Waals surface area contributed by atoms with Gasteiger partial charge in [-0.05, 0) is 62.9 Å². The fourth-order valence-electron chi connectivity index (χ4n) is 3.15. The van der Waals surface area contributed by atoms with Gasteiger partial charge in [0, 0.05) is 19.0 Å². The average Bonchev–Trinajstić information content (AvgIpc) is 2.56. The zero-order valence-electron chi connectivity index (χ0n) is 13.8. The van der Waals surface area contributed by atoms with Gasteiger partial charge in [0.25, 0.3) is 0 Å². The number of piperidine rings is 1. The monoisotopic (exact) mass is 324 g/mol. The number of halogens is 2. The van der Waals surface area contributed by atoms with E-state index in [2.05, 4.69) is 12.2 Å². The third-order valence-corrected chi connectivity index (χ3v) is 4.37. The minimum absolute atomic E-state index is 0.182. The lowest BCUT2D eigenvalue weighted by molar-refractivity contribution is -0.134. The first kappa shape index (κ1) is 17.9. The van der Waals surface area contributed by atoms with Crippen molar-refractivity contribution < 1.29 is 13.6 Å². The van der Waals surface area contributed by atoms with Gasteiger partial charge < -0.3 is 10.2 Å². The maximum absolute atomic E-state index is 13.2. The standard InChI is InChI=1S/C18H26F2N2O/c1-2-12-22(15-8-10-21-11-9-15)18(23)5-3-4-14-6-7-16(19)17(20)13-14/h6-7,13,15,21H,2-5,8-12H2,1H3. The van der Waals surface area contributed by atoms with E-state index in [0.29, 0.717) is 25.3 Å². The van der Waals surface area contributed by atoms with Gasteiger partial charge in [-0.25, -0.2) is 8.78 Å². The number of carbonyl (C=O) groups is 1. The van der Waals surface area contributed by atoms with Crippen molar-refractivity contribution >= 4 is 5.91 Å². The number of hydrogen-bond donors (Lipinski definition) is 1. The van der Waals surface area contributed by atoms with E-state index < -0.39 is 11.6 Å². The highest BCUT2D eigenvalue weighted by atomic mass is 19.2. The minimum atomic E-state index is -0.829. The van der Waals surface area contributed by atoms with Gasteiger partial charge in [-0.1, -0.05) is 13.0 Å². The first-order chi connectivity index (χ1) is 11.1. The van der Waals surface area contributed by atoms with Crippen LogP contribution < -0.4 is 5.32 Å². The maximum atomic E-state index is 13.2. The van der Waals surface area contributed by atoms with E-state index in [1.54, 1.807) is 6.07 Å². The highest BCUT2D eigenvalue weighted by molar-refractivity contribution is 5.76. The summed E-state index contributed by atoms with van der Waals surface area (Å²) in [6, 6.07) is 4.29. The van der Waals surface area contributed by atoms with Crippen molar-refractivity contribution in [2.75, 3.05) is 19.6 Å². The van der Waals surface area contributed by atoms with E-state index in [0.717, 1.165) is 50.5 Å². The van der Waals surface area contributed by atoms with Gasteiger partial charge in [0.15, 0.2) is 11.6 Å². The molecule has 5 heteroatoms. The highest BCUT2D eigenvalue weighted by Crippen LogP contribution is 2.16. The zero-order chi connectivity index (χ0) is 16.7. The molecule has 1 heterocycles. The maximum Gasteiger partial charge on any atom is 0.222 e. The number of amides is 1. The average molecular weight is 324 g/mol. The van der Waals surface area contributed by atoms with Crippen molar-refractivity contribution in [2.24, 2.45) is 0 Å². The van der Waals surface area contributed by atoms with Crippen LogP contribution in [0.25, 0.3) is 0 Å². The number of benzene rings is 1. The van der Waals surface area contributed by atoms with Crippen LogP contribution in [0, 0.1) is 11.6 Å². The van der Waals surface area contributed by atoms with Gasteiger partial charge >= 0.3 is 0 Å². The van der Waals surface area contributed by atoms with Gasteiger partial charge in [0.2, 0.25) is 5.91 Å². The molecule has 1 fully saturated rings. The summed E-state index contributed by atoms with van der Waals surface area (Å²) in [4.78, 5) is 14.5. The van der Waals surface area contributed by atoms with Gasteiger partial charge in [-0.2, -0.15) is 0 Å². The Hall–Kier alpha value is -1.49.